The number of aromatic hydroxyl groups is 1. The molecule has 0 aliphatic carbocycles. The molecule has 9 rings (SSSR count). The number of pyridine rings is 1. The number of para-hydroxylation sites is 1. The molecule has 67 heavy (non-hydrogen) atoms. The Labute approximate surface area is 392 Å². The molecule has 18 heteroatoms. The molecule has 2 amide bonds. The number of amides is 2. The number of aryl methyl sites for hydroxylation is 2. The standard InChI is InChI=1S/C49H56N10O7S/c1-28(45(43-19-29(2)56-66-43)49(63)58-25-37(60)21-41(58)48(62)53-30(3)32-9-11-33(12-10-32)46-31(4)52-27-67-46)26-64-17-18-65-44-20-34(15-16-51-44)59-35-13-14-36(59)24-57(23-35)40-22-39(54-55-47(40)50)38-7-5-6-8-42(38)61/h5-12,15-16,19-20,22,27-28,30,35-37,41,45,60-61H,13-14,17-18,21,23-26H2,1-4H3,(H2,50,55)(H,53,62)/t28-,30-,35?,36?,37+,41-,45-/m0/s1. The van der Waals surface area contributed by atoms with Gasteiger partial charge in [-0.1, -0.05) is 48.5 Å². The molecule has 2 unspecified atom stereocenters. The number of anilines is 3. The maximum Gasteiger partial charge on any atom is 0.243 e. The maximum atomic E-state index is 14.5. The van der Waals surface area contributed by atoms with Crippen molar-refractivity contribution in [2.24, 2.45) is 5.92 Å². The minimum Gasteiger partial charge on any atom is -0.507 e. The summed E-state index contributed by atoms with van der Waals surface area (Å²) in [4.78, 5) is 44.4. The van der Waals surface area contributed by atoms with Gasteiger partial charge in [0.25, 0.3) is 0 Å². The van der Waals surface area contributed by atoms with Crippen LogP contribution < -0.4 is 25.6 Å². The van der Waals surface area contributed by atoms with Crippen molar-refractivity contribution < 1.29 is 33.8 Å². The van der Waals surface area contributed by atoms with Gasteiger partial charge in [-0.2, -0.15) is 0 Å². The van der Waals surface area contributed by atoms with Gasteiger partial charge in [-0.25, -0.2) is 9.97 Å². The highest BCUT2D eigenvalue weighted by Gasteiger charge is 2.45. The van der Waals surface area contributed by atoms with Gasteiger partial charge in [0.1, 0.15) is 30.1 Å². The van der Waals surface area contributed by atoms with Crippen molar-refractivity contribution in [2.75, 3.05) is 55.0 Å². The number of carbonyl (C=O) groups excluding carboxylic acids is 2. The van der Waals surface area contributed by atoms with Crippen molar-refractivity contribution in [3.63, 3.8) is 0 Å². The van der Waals surface area contributed by atoms with E-state index in [1.165, 1.54) is 4.90 Å². The monoisotopic (exact) mass is 928 g/mol. The molecule has 2 aromatic carbocycles. The molecule has 2 bridgehead atoms. The number of fused-ring (bicyclic) bond motifs is 2. The second kappa shape index (κ2) is 19.7. The first-order valence-corrected chi connectivity index (χ1v) is 23.6. The summed E-state index contributed by atoms with van der Waals surface area (Å²) < 4.78 is 17.9. The smallest absolute Gasteiger partial charge is 0.243 e. The van der Waals surface area contributed by atoms with Gasteiger partial charge >= 0.3 is 0 Å². The zero-order valence-electron chi connectivity index (χ0n) is 38.0. The number of nitrogens with one attached hydrogen (secondary N) is 1. The number of hydrogen-bond donors (Lipinski definition) is 4. The van der Waals surface area contributed by atoms with Gasteiger partial charge in [0, 0.05) is 67.7 Å². The maximum absolute atomic E-state index is 14.5. The highest BCUT2D eigenvalue weighted by Crippen LogP contribution is 2.40. The predicted molar refractivity (Wildman–Crippen MR) is 254 cm³/mol. The molecule has 7 atom stereocenters. The number of ether oxygens (including phenoxy) is 2. The lowest BCUT2D eigenvalue weighted by Crippen LogP contribution is -2.54. The minimum atomic E-state index is -0.874. The van der Waals surface area contributed by atoms with Crippen LogP contribution in [-0.4, -0.2) is 116 Å². The Kier molecular flexibility index (Phi) is 13.4. The van der Waals surface area contributed by atoms with Gasteiger partial charge in [-0.05, 0) is 74.9 Å². The van der Waals surface area contributed by atoms with Crippen LogP contribution in [0, 0.1) is 19.8 Å². The SMILES string of the molecule is Cc1cc([C@@H](C(=O)N2C[C@H](O)C[C@H]2C(=O)N[C@@H](C)c2ccc(-c3scnc3C)cc2)[C@@H](C)COCCOc2cc(N3C4CCC3CN(c3cc(-c5ccccc5O)nnc3N)C4)ccn2)on1. The van der Waals surface area contributed by atoms with E-state index in [2.05, 4.69) is 40.4 Å². The Bertz CT molecular complexity index is 2680. The molecule has 0 radical (unpaired) electrons. The van der Waals surface area contributed by atoms with E-state index in [0.29, 0.717) is 34.4 Å². The fourth-order valence-electron chi connectivity index (χ4n) is 9.75. The van der Waals surface area contributed by atoms with Crippen molar-refractivity contribution in [3.05, 3.63) is 107 Å². The van der Waals surface area contributed by atoms with E-state index < -0.39 is 18.1 Å². The molecule has 3 aliphatic rings. The number of hydrogen-bond acceptors (Lipinski definition) is 16. The number of carbonyl (C=O) groups is 2. The first-order valence-electron chi connectivity index (χ1n) is 22.8. The minimum absolute atomic E-state index is 0.0149. The summed E-state index contributed by atoms with van der Waals surface area (Å²) in [6.45, 7) is 9.71. The van der Waals surface area contributed by atoms with Gasteiger partial charge in [0.05, 0.1) is 58.5 Å². The highest BCUT2D eigenvalue weighted by molar-refractivity contribution is 7.13. The summed E-state index contributed by atoms with van der Waals surface area (Å²) in [5.41, 5.74) is 14.8. The molecule has 350 valence electrons. The number of nitrogen functional groups attached to an aromatic ring is 1. The van der Waals surface area contributed by atoms with Crippen LogP contribution >= 0.6 is 11.3 Å². The number of rotatable bonds is 16. The van der Waals surface area contributed by atoms with Crippen LogP contribution in [0.15, 0.2) is 89.0 Å². The van der Waals surface area contributed by atoms with Crippen LogP contribution in [0.3, 0.4) is 0 Å². The third kappa shape index (κ3) is 9.78. The molecule has 3 saturated heterocycles. The lowest BCUT2D eigenvalue weighted by Gasteiger charge is -2.43. The molecule has 3 fully saturated rings. The van der Waals surface area contributed by atoms with Crippen LogP contribution in [0.5, 0.6) is 11.6 Å². The van der Waals surface area contributed by atoms with E-state index in [9.17, 15) is 19.8 Å². The van der Waals surface area contributed by atoms with Crippen LogP contribution in [0.25, 0.3) is 21.7 Å². The van der Waals surface area contributed by atoms with Crippen molar-refractivity contribution in [1.82, 2.24) is 35.5 Å². The second-order valence-corrected chi connectivity index (χ2v) is 18.7. The summed E-state index contributed by atoms with van der Waals surface area (Å²) in [6.07, 6.45) is 3.04. The number of benzene rings is 2. The topological polar surface area (TPSA) is 218 Å². The average molecular weight is 929 g/mol. The van der Waals surface area contributed by atoms with Crippen LogP contribution in [0.4, 0.5) is 17.2 Å². The van der Waals surface area contributed by atoms with E-state index in [0.717, 1.165) is 59.0 Å². The first kappa shape index (κ1) is 45.5. The number of phenolic OH excluding ortho intramolecular Hbond substituents is 1. The number of thiazole rings is 1. The Morgan fingerprint density at radius 2 is 1.75 bits per heavy atom. The quantitative estimate of drug-likeness (QED) is 0.0811. The Balaban J connectivity index is 0.791. The normalized spacial score (nSPS) is 20.5. The zero-order valence-corrected chi connectivity index (χ0v) is 38.8. The predicted octanol–water partition coefficient (Wildman–Crippen LogP) is 6.07. The highest BCUT2D eigenvalue weighted by atomic mass is 32.1. The summed E-state index contributed by atoms with van der Waals surface area (Å²) in [5.74, 6) is -0.546. The number of nitrogens with two attached hydrogens (primary N) is 1. The van der Waals surface area contributed by atoms with E-state index >= 15 is 0 Å². The number of piperazine rings is 1. The second-order valence-electron chi connectivity index (χ2n) is 17.8. The molecule has 17 nitrogen and oxygen atoms in total. The van der Waals surface area contributed by atoms with Crippen LogP contribution in [0.1, 0.15) is 67.8 Å². The van der Waals surface area contributed by atoms with Crippen LogP contribution in [-0.2, 0) is 14.3 Å². The lowest BCUT2D eigenvalue weighted by atomic mass is 9.90. The van der Waals surface area contributed by atoms with Crippen molar-refractivity contribution in [1.29, 1.82) is 0 Å². The number of β-amino-alcohol motifs (C(OH)–C–C–N with tert-alkyl or cyclic N) is 1. The number of nitrogens with zero attached hydrogens (tertiary/aromatic N) is 8. The van der Waals surface area contributed by atoms with Gasteiger partial charge in [0.2, 0.25) is 17.7 Å². The Morgan fingerprint density at radius 1 is 0.970 bits per heavy atom. The van der Waals surface area contributed by atoms with E-state index in [1.807, 2.05) is 80.9 Å². The number of aliphatic hydroxyl groups is 1. The summed E-state index contributed by atoms with van der Waals surface area (Å²) in [6, 6.07) is 21.9. The molecule has 6 aromatic rings. The fraction of sp³-hybridized carbons (Fsp3) is 0.408. The van der Waals surface area contributed by atoms with Crippen LogP contribution in [0.2, 0.25) is 0 Å². The molecule has 4 aromatic heterocycles. The fourth-order valence-corrected chi connectivity index (χ4v) is 10.6. The molecule has 7 heterocycles. The summed E-state index contributed by atoms with van der Waals surface area (Å²) in [5, 5.41) is 36.9. The molecule has 5 N–H and O–H groups in total. The van der Waals surface area contributed by atoms with Gasteiger partial charge < -0.3 is 50.0 Å². The first-order chi connectivity index (χ1) is 32.4. The Hall–Kier alpha value is -6.63. The van der Waals surface area contributed by atoms with Gasteiger partial charge in [0.15, 0.2) is 5.82 Å². The number of likely N-dealkylation sites (tertiary alicyclic amines) is 1. The van der Waals surface area contributed by atoms with E-state index in [1.54, 1.807) is 42.7 Å². The van der Waals surface area contributed by atoms with E-state index in [-0.39, 0.29) is 74.4 Å². The third-order valence-electron chi connectivity index (χ3n) is 13.1. The van der Waals surface area contributed by atoms with E-state index in [4.69, 9.17) is 19.7 Å². The molecule has 0 saturated carbocycles. The van der Waals surface area contributed by atoms with Crippen molar-refractivity contribution in [3.8, 4) is 33.3 Å². The summed E-state index contributed by atoms with van der Waals surface area (Å²) in [7, 11) is 0. The molecule has 0 spiro atoms. The summed E-state index contributed by atoms with van der Waals surface area (Å²) >= 11 is 1.58. The average Bonchev–Trinajstić information content (AvgIpc) is 4.12. The Morgan fingerprint density at radius 3 is 2.46 bits per heavy atom. The number of aromatic nitrogens is 5. The largest absolute Gasteiger partial charge is 0.507 e. The molecular weight excluding hydrogens is 873 g/mol. The van der Waals surface area contributed by atoms with Gasteiger partial charge in [-0.15, -0.1) is 21.5 Å². The molecule has 3 aliphatic heterocycles. The number of aliphatic hydroxyl groups excluding tert-OH is 1. The third-order valence-corrected chi connectivity index (χ3v) is 14.1. The van der Waals surface area contributed by atoms with Crippen molar-refractivity contribution in [2.45, 2.75) is 83.1 Å². The molecular formula is C49H56N10O7S. The van der Waals surface area contributed by atoms with Crippen molar-refractivity contribution >= 4 is 40.3 Å². The number of phenols is 1. The zero-order chi connectivity index (χ0) is 46.8. The lowest BCUT2D eigenvalue weighted by molar-refractivity contribution is -0.141. The van der Waals surface area contributed by atoms with Gasteiger partial charge in [-0.3, -0.25) is 9.59 Å².